The van der Waals surface area contributed by atoms with Crippen molar-refractivity contribution in [3.8, 4) is 0 Å². The molecule has 1 aliphatic heterocycles. The number of aliphatic imine (C=N–C) groups is 1. The summed E-state index contributed by atoms with van der Waals surface area (Å²) in [7, 11) is 0. The summed E-state index contributed by atoms with van der Waals surface area (Å²) in [6.07, 6.45) is 5.33. The molecule has 2 aliphatic rings. The highest BCUT2D eigenvalue weighted by atomic mass is 35.5. The van der Waals surface area contributed by atoms with E-state index in [9.17, 15) is 5.11 Å². The summed E-state index contributed by atoms with van der Waals surface area (Å²) in [4.78, 5) is 4.84. The first-order valence-corrected chi connectivity index (χ1v) is 10.5. The van der Waals surface area contributed by atoms with Crippen molar-refractivity contribution in [2.24, 2.45) is 10.4 Å². The summed E-state index contributed by atoms with van der Waals surface area (Å²) < 4.78 is 5.58. The number of rotatable bonds is 8. The second-order valence-corrected chi connectivity index (χ2v) is 8.40. The van der Waals surface area contributed by atoms with Crippen molar-refractivity contribution in [3.63, 3.8) is 0 Å². The number of hydrogen-bond donors (Lipinski definition) is 3. The lowest BCUT2D eigenvalue weighted by Crippen LogP contribution is -2.49. The number of nitrogens with one attached hydrogen (secondary N) is 2. The summed E-state index contributed by atoms with van der Waals surface area (Å²) in [5, 5.41) is 17.1. The van der Waals surface area contributed by atoms with Crippen LogP contribution in [0.4, 0.5) is 0 Å². The van der Waals surface area contributed by atoms with E-state index >= 15 is 0 Å². The highest BCUT2D eigenvalue weighted by Crippen LogP contribution is 2.43. The minimum absolute atomic E-state index is 0.0264. The molecule has 0 bridgehead atoms. The molecule has 1 aromatic rings. The van der Waals surface area contributed by atoms with E-state index in [0.717, 1.165) is 43.5 Å². The first-order valence-electron chi connectivity index (χ1n) is 10.1. The Labute approximate surface area is 167 Å². The van der Waals surface area contributed by atoms with Crippen molar-refractivity contribution in [1.29, 1.82) is 0 Å². The molecule has 3 rings (SSSR count). The molecule has 0 radical (unpaired) electrons. The number of hydrogen-bond acceptors (Lipinski definition) is 3. The molecule has 0 amide bonds. The molecular formula is C21H32ClN3O2. The maximum absolute atomic E-state index is 9.41. The van der Waals surface area contributed by atoms with E-state index in [1.807, 2.05) is 12.1 Å². The van der Waals surface area contributed by atoms with Gasteiger partial charge in [-0.1, -0.05) is 30.2 Å². The van der Waals surface area contributed by atoms with Crippen LogP contribution < -0.4 is 10.6 Å². The van der Waals surface area contributed by atoms with Gasteiger partial charge in [-0.2, -0.15) is 0 Å². The number of nitrogens with zero attached hydrogens (tertiary/aromatic N) is 1. The zero-order chi connectivity index (χ0) is 19.2. The zero-order valence-electron chi connectivity index (χ0n) is 16.3. The van der Waals surface area contributed by atoms with Crippen LogP contribution in [-0.4, -0.2) is 50.5 Å². The van der Waals surface area contributed by atoms with Gasteiger partial charge in [-0.15, -0.1) is 0 Å². The van der Waals surface area contributed by atoms with E-state index in [1.54, 1.807) is 0 Å². The molecule has 1 saturated carbocycles. The van der Waals surface area contributed by atoms with Gasteiger partial charge in [0.2, 0.25) is 0 Å². The first-order chi connectivity index (χ1) is 13.1. The van der Waals surface area contributed by atoms with Crippen molar-refractivity contribution in [3.05, 3.63) is 34.9 Å². The van der Waals surface area contributed by atoms with E-state index in [0.29, 0.717) is 13.2 Å². The van der Waals surface area contributed by atoms with Gasteiger partial charge in [-0.3, -0.25) is 4.99 Å². The SMILES string of the molecule is CCNC(=NCC1(CCO)CCOC1)NCC1(c2ccc(Cl)cc2)CCC1. The molecule has 1 aromatic carbocycles. The van der Waals surface area contributed by atoms with Gasteiger partial charge in [-0.05, 0) is 50.3 Å². The van der Waals surface area contributed by atoms with Crippen LogP contribution in [0.15, 0.2) is 29.3 Å². The largest absolute Gasteiger partial charge is 0.396 e. The Morgan fingerprint density at radius 1 is 1.22 bits per heavy atom. The second-order valence-electron chi connectivity index (χ2n) is 7.97. The Hall–Kier alpha value is -1.30. The highest BCUT2D eigenvalue weighted by Gasteiger charge is 2.39. The molecule has 5 nitrogen and oxygen atoms in total. The van der Waals surface area contributed by atoms with Gasteiger partial charge in [-0.25, -0.2) is 0 Å². The van der Waals surface area contributed by atoms with Crippen LogP contribution in [0, 0.1) is 5.41 Å². The van der Waals surface area contributed by atoms with Crippen LogP contribution in [0.1, 0.15) is 44.6 Å². The minimum Gasteiger partial charge on any atom is -0.396 e. The van der Waals surface area contributed by atoms with Crippen molar-refractivity contribution < 1.29 is 9.84 Å². The molecule has 0 spiro atoms. The Balaban J connectivity index is 1.65. The molecule has 1 saturated heterocycles. The van der Waals surface area contributed by atoms with E-state index in [1.165, 1.54) is 24.8 Å². The fourth-order valence-electron chi connectivity index (χ4n) is 4.10. The Bertz CT molecular complexity index is 623. The number of guanidine groups is 1. The van der Waals surface area contributed by atoms with Gasteiger partial charge < -0.3 is 20.5 Å². The standard InChI is InChI=1S/C21H32ClN3O2/c1-2-23-19(24-14-20(10-12-26)11-13-27-16-20)25-15-21(8-3-9-21)17-4-6-18(22)7-5-17/h4-7,26H,2-3,8-16H2,1H3,(H2,23,24,25). The monoisotopic (exact) mass is 393 g/mol. The summed E-state index contributed by atoms with van der Waals surface area (Å²) in [5.74, 6) is 0.849. The van der Waals surface area contributed by atoms with Gasteiger partial charge >= 0.3 is 0 Å². The fraction of sp³-hybridized carbons (Fsp3) is 0.667. The van der Waals surface area contributed by atoms with Crippen molar-refractivity contribution >= 4 is 17.6 Å². The van der Waals surface area contributed by atoms with Crippen LogP contribution >= 0.6 is 11.6 Å². The number of ether oxygens (including phenoxy) is 1. The molecule has 150 valence electrons. The molecule has 27 heavy (non-hydrogen) atoms. The maximum atomic E-state index is 9.41. The third-order valence-electron chi connectivity index (χ3n) is 6.11. The maximum Gasteiger partial charge on any atom is 0.191 e. The van der Waals surface area contributed by atoms with Crippen LogP contribution in [0.2, 0.25) is 5.02 Å². The van der Waals surface area contributed by atoms with Crippen LogP contribution in [-0.2, 0) is 10.2 Å². The summed E-state index contributed by atoms with van der Waals surface area (Å²) in [6, 6.07) is 8.27. The van der Waals surface area contributed by atoms with Crippen LogP contribution in [0.5, 0.6) is 0 Å². The Morgan fingerprint density at radius 2 is 2.00 bits per heavy atom. The third-order valence-corrected chi connectivity index (χ3v) is 6.36. The zero-order valence-corrected chi connectivity index (χ0v) is 17.0. The average molecular weight is 394 g/mol. The first kappa shape index (κ1) is 20.4. The van der Waals surface area contributed by atoms with Crippen molar-refractivity contribution in [1.82, 2.24) is 10.6 Å². The van der Waals surface area contributed by atoms with E-state index < -0.39 is 0 Å². The third kappa shape index (κ3) is 4.95. The molecule has 0 aromatic heterocycles. The van der Waals surface area contributed by atoms with E-state index in [4.69, 9.17) is 21.3 Å². The van der Waals surface area contributed by atoms with Crippen molar-refractivity contribution in [2.75, 3.05) is 39.5 Å². The summed E-state index contributed by atoms with van der Waals surface area (Å²) in [6.45, 7) is 6.08. The number of aliphatic hydroxyl groups excluding tert-OH is 1. The Kier molecular flexibility index (Phi) is 7.01. The van der Waals surface area contributed by atoms with Gasteiger partial charge in [0.1, 0.15) is 0 Å². The Morgan fingerprint density at radius 3 is 2.56 bits per heavy atom. The van der Waals surface area contributed by atoms with Crippen LogP contribution in [0.3, 0.4) is 0 Å². The van der Waals surface area contributed by atoms with Crippen LogP contribution in [0.25, 0.3) is 0 Å². The topological polar surface area (TPSA) is 65.9 Å². The molecule has 6 heteroatoms. The smallest absolute Gasteiger partial charge is 0.191 e. The second kappa shape index (κ2) is 9.26. The highest BCUT2D eigenvalue weighted by molar-refractivity contribution is 6.30. The lowest BCUT2D eigenvalue weighted by atomic mass is 9.64. The number of aliphatic hydroxyl groups is 1. The fourth-order valence-corrected chi connectivity index (χ4v) is 4.23. The van der Waals surface area contributed by atoms with Gasteiger partial charge in [0.15, 0.2) is 5.96 Å². The number of halogens is 1. The average Bonchev–Trinajstić information content (AvgIpc) is 3.09. The quantitative estimate of drug-likeness (QED) is 0.469. The van der Waals surface area contributed by atoms with Crippen molar-refractivity contribution in [2.45, 2.75) is 44.4 Å². The molecule has 1 heterocycles. The minimum atomic E-state index is -0.0264. The van der Waals surface area contributed by atoms with Gasteiger partial charge in [0.05, 0.1) is 13.2 Å². The lowest BCUT2D eigenvalue weighted by Gasteiger charge is -2.43. The normalized spacial score (nSPS) is 24.5. The molecule has 1 atom stereocenters. The molecule has 2 fully saturated rings. The summed E-state index contributed by atoms with van der Waals surface area (Å²) in [5.41, 5.74) is 1.49. The molecule has 1 unspecified atom stereocenters. The predicted molar refractivity (Wildman–Crippen MR) is 111 cm³/mol. The molecule has 1 aliphatic carbocycles. The lowest BCUT2D eigenvalue weighted by molar-refractivity contribution is 0.131. The number of benzene rings is 1. The van der Waals surface area contributed by atoms with Gasteiger partial charge in [0, 0.05) is 42.2 Å². The predicted octanol–water partition coefficient (Wildman–Crippen LogP) is 3.11. The summed E-state index contributed by atoms with van der Waals surface area (Å²) >= 11 is 6.06. The molecule has 3 N–H and O–H groups in total. The molecular weight excluding hydrogens is 362 g/mol. The van der Waals surface area contributed by atoms with E-state index in [2.05, 4.69) is 29.7 Å². The van der Waals surface area contributed by atoms with E-state index in [-0.39, 0.29) is 17.4 Å². The van der Waals surface area contributed by atoms with Gasteiger partial charge in [0.25, 0.3) is 0 Å².